The summed E-state index contributed by atoms with van der Waals surface area (Å²) in [4.78, 5) is 1.34. The van der Waals surface area contributed by atoms with E-state index in [4.69, 9.17) is 0 Å². The maximum atomic E-state index is 4.19. The smallest absolute Gasteiger partial charge is 0.0492 e. The van der Waals surface area contributed by atoms with Crippen LogP contribution in [-0.4, -0.2) is 22.1 Å². The number of aryl methyl sites for hydroxylation is 2. The van der Waals surface area contributed by atoms with Crippen LogP contribution in [0.2, 0.25) is 0 Å². The molecule has 1 aromatic carbocycles. The van der Waals surface area contributed by atoms with Gasteiger partial charge in [-0.3, -0.25) is 4.68 Å². The molecule has 0 aliphatic carbocycles. The van der Waals surface area contributed by atoms with Gasteiger partial charge in [0.05, 0.1) is 0 Å². The molecule has 108 valence electrons. The molecule has 0 radical (unpaired) electrons. The zero-order valence-electron chi connectivity index (χ0n) is 12.3. The first-order valence-corrected chi connectivity index (χ1v) is 8.17. The highest BCUT2D eigenvalue weighted by atomic mass is 32.2. The van der Waals surface area contributed by atoms with Gasteiger partial charge in [-0.05, 0) is 43.1 Å². The van der Waals surface area contributed by atoms with Crippen LogP contribution in [0.15, 0.2) is 41.4 Å². The first-order valence-electron chi connectivity index (χ1n) is 7.19. The molecule has 0 amide bonds. The van der Waals surface area contributed by atoms with E-state index < -0.39 is 0 Å². The van der Waals surface area contributed by atoms with E-state index in [0.29, 0.717) is 0 Å². The molecule has 1 aromatic heterocycles. The lowest BCUT2D eigenvalue weighted by Gasteiger charge is -2.06. The highest BCUT2D eigenvalue weighted by molar-refractivity contribution is 7.99. The molecular formula is C16H23N3S. The highest BCUT2D eigenvalue weighted by Crippen LogP contribution is 2.19. The fourth-order valence-corrected chi connectivity index (χ4v) is 2.91. The van der Waals surface area contributed by atoms with Crippen molar-refractivity contribution in [3.8, 4) is 0 Å². The molecule has 20 heavy (non-hydrogen) atoms. The molecule has 0 atom stereocenters. The van der Waals surface area contributed by atoms with Gasteiger partial charge in [-0.1, -0.05) is 19.1 Å². The number of hydrogen-bond donors (Lipinski definition) is 1. The zero-order chi connectivity index (χ0) is 14.2. The molecule has 2 aromatic rings. The molecule has 0 saturated heterocycles. The van der Waals surface area contributed by atoms with E-state index in [1.54, 1.807) is 0 Å². The maximum Gasteiger partial charge on any atom is 0.0492 e. The molecule has 4 heteroatoms. The molecule has 1 N–H and O–H groups in total. The summed E-state index contributed by atoms with van der Waals surface area (Å²) < 4.78 is 1.95. The maximum absolute atomic E-state index is 4.19. The third-order valence-corrected chi connectivity index (χ3v) is 4.24. The Bertz CT molecular complexity index is 505. The van der Waals surface area contributed by atoms with Crippen LogP contribution in [0.4, 0.5) is 0 Å². The quantitative estimate of drug-likeness (QED) is 0.597. The fraction of sp³-hybridized carbons (Fsp3) is 0.438. The van der Waals surface area contributed by atoms with Gasteiger partial charge >= 0.3 is 0 Å². The Kier molecular flexibility index (Phi) is 6.15. The van der Waals surface area contributed by atoms with E-state index in [2.05, 4.69) is 47.7 Å². The number of hydrogen-bond acceptors (Lipinski definition) is 3. The molecule has 0 unspecified atom stereocenters. The lowest BCUT2D eigenvalue weighted by molar-refractivity contribution is 0.675. The third kappa shape index (κ3) is 4.69. The van der Waals surface area contributed by atoms with Crippen molar-refractivity contribution in [2.75, 3.05) is 12.3 Å². The van der Waals surface area contributed by atoms with Crippen LogP contribution in [0.5, 0.6) is 0 Å². The van der Waals surface area contributed by atoms with Gasteiger partial charge in [0.2, 0.25) is 0 Å². The molecule has 0 aliphatic heterocycles. The Balaban J connectivity index is 1.74. The summed E-state index contributed by atoms with van der Waals surface area (Å²) >= 11 is 1.90. The Labute approximate surface area is 125 Å². The summed E-state index contributed by atoms with van der Waals surface area (Å²) in [5, 5.41) is 7.61. The van der Waals surface area contributed by atoms with Crippen LogP contribution in [-0.2, 0) is 20.0 Å². The Hall–Kier alpha value is -1.26. The van der Waals surface area contributed by atoms with Crippen LogP contribution < -0.4 is 5.32 Å². The molecule has 1 heterocycles. The predicted octanol–water partition coefficient (Wildman–Crippen LogP) is 3.25. The zero-order valence-corrected chi connectivity index (χ0v) is 13.1. The normalized spacial score (nSPS) is 10.9. The number of benzene rings is 1. The van der Waals surface area contributed by atoms with E-state index in [1.807, 2.05) is 29.7 Å². The van der Waals surface area contributed by atoms with Crippen LogP contribution in [0.1, 0.15) is 24.6 Å². The van der Waals surface area contributed by atoms with Crippen LogP contribution in [0.25, 0.3) is 0 Å². The summed E-state index contributed by atoms with van der Waals surface area (Å²) in [6.07, 6.45) is 4.10. The van der Waals surface area contributed by atoms with Gasteiger partial charge in [-0.25, -0.2) is 0 Å². The molecule has 0 bridgehead atoms. The lowest BCUT2D eigenvalue weighted by atomic mass is 10.2. The standard InChI is InChI=1S/C16H23N3S/c1-3-10-17-13-14-4-6-16(7-5-14)20-12-9-15-8-11-18-19(15)2/h4-8,11,17H,3,9-10,12-13H2,1-2H3. The minimum atomic E-state index is 0.966. The molecule has 0 spiro atoms. The van der Waals surface area contributed by atoms with Gasteiger partial charge in [-0.2, -0.15) is 5.10 Å². The molecule has 0 fully saturated rings. The topological polar surface area (TPSA) is 29.9 Å². The van der Waals surface area contributed by atoms with Crippen molar-refractivity contribution in [2.24, 2.45) is 7.05 Å². The van der Waals surface area contributed by atoms with E-state index in [-0.39, 0.29) is 0 Å². The Morgan fingerprint density at radius 2 is 2.00 bits per heavy atom. The second kappa shape index (κ2) is 8.12. The first kappa shape index (κ1) is 15.1. The molecular weight excluding hydrogens is 266 g/mol. The summed E-state index contributed by atoms with van der Waals surface area (Å²) in [5.41, 5.74) is 2.65. The molecule has 2 rings (SSSR count). The van der Waals surface area contributed by atoms with E-state index in [9.17, 15) is 0 Å². The van der Waals surface area contributed by atoms with Crippen molar-refractivity contribution in [1.82, 2.24) is 15.1 Å². The van der Waals surface area contributed by atoms with Gasteiger partial charge < -0.3 is 5.32 Å². The van der Waals surface area contributed by atoms with Gasteiger partial charge in [0.15, 0.2) is 0 Å². The molecule has 3 nitrogen and oxygen atoms in total. The molecule has 0 aliphatic rings. The average Bonchev–Trinajstić information content (AvgIpc) is 2.87. The number of aromatic nitrogens is 2. The lowest BCUT2D eigenvalue weighted by Crippen LogP contribution is -2.13. The van der Waals surface area contributed by atoms with Crippen molar-refractivity contribution < 1.29 is 0 Å². The fourth-order valence-electron chi connectivity index (χ4n) is 2.03. The van der Waals surface area contributed by atoms with Crippen LogP contribution in [0.3, 0.4) is 0 Å². The number of rotatable bonds is 8. The first-order chi connectivity index (χ1) is 9.79. The Morgan fingerprint density at radius 3 is 2.65 bits per heavy atom. The largest absolute Gasteiger partial charge is 0.313 e. The summed E-state index contributed by atoms with van der Waals surface area (Å²) in [6.45, 7) is 4.24. The second-order valence-electron chi connectivity index (χ2n) is 4.87. The van der Waals surface area contributed by atoms with Crippen molar-refractivity contribution in [3.05, 3.63) is 47.8 Å². The Morgan fingerprint density at radius 1 is 1.20 bits per heavy atom. The molecule has 0 saturated carbocycles. The minimum absolute atomic E-state index is 0.966. The summed E-state index contributed by atoms with van der Waals surface area (Å²) in [7, 11) is 2.00. The van der Waals surface area contributed by atoms with Gasteiger partial charge in [0.25, 0.3) is 0 Å². The van der Waals surface area contributed by atoms with Crippen molar-refractivity contribution in [3.63, 3.8) is 0 Å². The number of thioether (sulfide) groups is 1. The van der Waals surface area contributed by atoms with Gasteiger partial charge in [0.1, 0.15) is 0 Å². The highest BCUT2D eigenvalue weighted by Gasteiger charge is 2.00. The van der Waals surface area contributed by atoms with Crippen molar-refractivity contribution in [2.45, 2.75) is 31.2 Å². The SMILES string of the molecule is CCCNCc1ccc(SCCc2ccnn2C)cc1. The third-order valence-electron chi connectivity index (χ3n) is 3.23. The monoisotopic (exact) mass is 289 g/mol. The van der Waals surface area contributed by atoms with Gasteiger partial charge in [-0.15, -0.1) is 11.8 Å². The van der Waals surface area contributed by atoms with E-state index in [1.165, 1.54) is 22.6 Å². The van der Waals surface area contributed by atoms with Crippen molar-refractivity contribution in [1.29, 1.82) is 0 Å². The van der Waals surface area contributed by atoms with E-state index >= 15 is 0 Å². The van der Waals surface area contributed by atoms with Crippen molar-refractivity contribution >= 4 is 11.8 Å². The number of nitrogens with zero attached hydrogens (tertiary/aromatic N) is 2. The van der Waals surface area contributed by atoms with Crippen LogP contribution >= 0.6 is 11.8 Å². The average molecular weight is 289 g/mol. The van der Waals surface area contributed by atoms with E-state index in [0.717, 1.165) is 25.3 Å². The minimum Gasteiger partial charge on any atom is -0.313 e. The van der Waals surface area contributed by atoms with Gasteiger partial charge in [0, 0.05) is 36.1 Å². The summed E-state index contributed by atoms with van der Waals surface area (Å²) in [5.74, 6) is 1.09. The second-order valence-corrected chi connectivity index (χ2v) is 6.03. The summed E-state index contributed by atoms with van der Waals surface area (Å²) in [6, 6.07) is 11.0. The number of nitrogens with one attached hydrogen (secondary N) is 1. The van der Waals surface area contributed by atoms with Crippen LogP contribution in [0, 0.1) is 0 Å². The predicted molar refractivity (Wildman–Crippen MR) is 86.1 cm³/mol.